The molecule has 1 aliphatic rings. The van der Waals surface area contributed by atoms with Crippen LogP contribution >= 0.6 is 15.9 Å². The topological polar surface area (TPSA) is 57.6 Å². The predicted octanol–water partition coefficient (Wildman–Crippen LogP) is 2.92. The summed E-state index contributed by atoms with van der Waals surface area (Å²) in [5, 5.41) is 8.82. The van der Waals surface area contributed by atoms with Crippen LogP contribution in [0.5, 0.6) is 0 Å². The van der Waals surface area contributed by atoms with Crippen LogP contribution in [0.15, 0.2) is 22.7 Å². The van der Waals surface area contributed by atoms with Crippen LogP contribution in [0.25, 0.3) is 0 Å². The van der Waals surface area contributed by atoms with Crippen molar-refractivity contribution in [2.24, 2.45) is 5.92 Å². The van der Waals surface area contributed by atoms with E-state index >= 15 is 0 Å². The van der Waals surface area contributed by atoms with Crippen LogP contribution in [0.1, 0.15) is 29.6 Å². The summed E-state index contributed by atoms with van der Waals surface area (Å²) >= 11 is 3.06. The number of hydrogen-bond acceptors (Lipinski definition) is 2. The van der Waals surface area contributed by atoms with E-state index < -0.39 is 11.8 Å². The molecule has 1 heterocycles. The molecule has 0 spiro atoms. The third-order valence-electron chi connectivity index (χ3n) is 3.44. The van der Waals surface area contributed by atoms with Crippen molar-refractivity contribution < 1.29 is 19.1 Å². The van der Waals surface area contributed by atoms with E-state index in [2.05, 4.69) is 15.9 Å². The number of carboxylic acids is 1. The SMILES string of the molecule is O=C(O)CC1CCCN(C(=O)c2ccc(F)c(Br)c2)C1. The van der Waals surface area contributed by atoms with Gasteiger partial charge in [-0.3, -0.25) is 9.59 Å². The molecule has 1 saturated heterocycles. The number of carboxylic acid groups (broad SMARTS) is 1. The molecule has 1 N–H and O–H groups in total. The maximum Gasteiger partial charge on any atom is 0.303 e. The Morgan fingerprint density at radius 1 is 1.45 bits per heavy atom. The van der Waals surface area contributed by atoms with Gasteiger partial charge < -0.3 is 10.0 Å². The second-order valence-electron chi connectivity index (χ2n) is 4.99. The quantitative estimate of drug-likeness (QED) is 0.917. The maximum atomic E-state index is 13.2. The van der Waals surface area contributed by atoms with Crippen molar-refractivity contribution in [2.75, 3.05) is 13.1 Å². The van der Waals surface area contributed by atoms with E-state index in [1.54, 1.807) is 4.90 Å². The Morgan fingerprint density at radius 2 is 2.20 bits per heavy atom. The molecule has 20 heavy (non-hydrogen) atoms. The van der Waals surface area contributed by atoms with Crippen molar-refractivity contribution in [1.29, 1.82) is 0 Å². The van der Waals surface area contributed by atoms with Gasteiger partial charge in [0.25, 0.3) is 5.91 Å². The largest absolute Gasteiger partial charge is 0.481 e. The highest BCUT2D eigenvalue weighted by Gasteiger charge is 2.26. The van der Waals surface area contributed by atoms with Crippen LogP contribution in [0.4, 0.5) is 4.39 Å². The van der Waals surface area contributed by atoms with Crippen molar-refractivity contribution in [1.82, 2.24) is 4.90 Å². The Bertz CT molecular complexity index is 535. The van der Waals surface area contributed by atoms with Gasteiger partial charge in [0.2, 0.25) is 0 Å². The summed E-state index contributed by atoms with van der Waals surface area (Å²) in [6, 6.07) is 4.15. The molecule has 0 aromatic heterocycles. The number of amides is 1. The first-order chi connectivity index (χ1) is 9.47. The summed E-state index contributed by atoms with van der Waals surface area (Å²) in [6.07, 6.45) is 1.70. The highest BCUT2D eigenvalue weighted by Crippen LogP contribution is 2.23. The first-order valence-electron chi connectivity index (χ1n) is 6.43. The van der Waals surface area contributed by atoms with Crippen LogP contribution < -0.4 is 0 Å². The first-order valence-corrected chi connectivity index (χ1v) is 7.23. The van der Waals surface area contributed by atoms with Gasteiger partial charge >= 0.3 is 5.97 Å². The maximum absolute atomic E-state index is 13.2. The minimum Gasteiger partial charge on any atom is -0.481 e. The Morgan fingerprint density at radius 3 is 2.85 bits per heavy atom. The number of carbonyl (C=O) groups is 2. The van der Waals surface area contributed by atoms with E-state index in [1.807, 2.05) is 0 Å². The van der Waals surface area contributed by atoms with Gasteiger partial charge in [0.15, 0.2) is 0 Å². The van der Waals surface area contributed by atoms with E-state index in [0.29, 0.717) is 18.7 Å². The Labute approximate surface area is 124 Å². The highest BCUT2D eigenvalue weighted by atomic mass is 79.9. The molecule has 1 unspecified atom stereocenters. The Balaban J connectivity index is 2.08. The fourth-order valence-electron chi connectivity index (χ4n) is 2.47. The van der Waals surface area contributed by atoms with Gasteiger partial charge in [-0.1, -0.05) is 0 Å². The van der Waals surface area contributed by atoms with Crippen LogP contribution in [0, 0.1) is 11.7 Å². The smallest absolute Gasteiger partial charge is 0.303 e. The van der Waals surface area contributed by atoms with E-state index in [1.165, 1.54) is 18.2 Å². The molecule has 6 heteroatoms. The number of rotatable bonds is 3. The molecule has 1 fully saturated rings. The van der Waals surface area contributed by atoms with Gasteiger partial charge in [-0.05, 0) is 52.9 Å². The molecule has 0 bridgehead atoms. The predicted molar refractivity (Wildman–Crippen MR) is 75.0 cm³/mol. The lowest BCUT2D eigenvalue weighted by Gasteiger charge is -2.32. The molecule has 4 nitrogen and oxygen atoms in total. The molecule has 1 aliphatic heterocycles. The Hall–Kier alpha value is -1.43. The molecule has 1 aromatic carbocycles. The third kappa shape index (κ3) is 3.56. The minimum absolute atomic E-state index is 0.00547. The number of benzene rings is 1. The summed E-state index contributed by atoms with van der Waals surface area (Å²) in [4.78, 5) is 24.7. The molecule has 1 amide bonds. The lowest BCUT2D eigenvalue weighted by Crippen LogP contribution is -2.40. The average Bonchev–Trinajstić information content (AvgIpc) is 2.40. The zero-order valence-electron chi connectivity index (χ0n) is 10.8. The zero-order valence-corrected chi connectivity index (χ0v) is 12.4. The molecule has 1 atom stereocenters. The Kier molecular flexibility index (Phi) is 4.75. The van der Waals surface area contributed by atoms with Crippen molar-refractivity contribution >= 4 is 27.8 Å². The lowest BCUT2D eigenvalue weighted by molar-refractivity contribution is -0.138. The van der Waals surface area contributed by atoms with E-state index in [0.717, 1.165) is 12.8 Å². The number of hydrogen-bond donors (Lipinski definition) is 1. The summed E-state index contributed by atoms with van der Waals surface area (Å²) in [5.41, 5.74) is 0.411. The molecule has 108 valence electrons. The molecular formula is C14H15BrFNO3. The van der Waals surface area contributed by atoms with E-state index in [-0.39, 0.29) is 22.7 Å². The number of likely N-dealkylation sites (tertiary alicyclic amines) is 1. The molecular weight excluding hydrogens is 329 g/mol. The second kappa shape index (κ2) is 6.35. The minimum atomic E-state index is -0.839. The number of halogens is 2. The number of nitrogens with zero attached hydrogens (tertiary/aromatic N) is 1. The van der Waals surface area contributed by atoms with Crippen LogP contribution in [0.3, 0.4) is 0 Å². The standard InChI is InChI=1S/C14H15BrFNO3/c15-11-7-10(3-4-12(11)16)14(20)17-5-1-2-9(8-17)6-13(18)19/h3-4,7,9H,1-2,5-6,8H2,(H,18,19). The lowest BCUT2D eigenvalue weighted by atomic mass is 9.94. The average molecular weight is 344 g/mol. The first kappa shape index (κ1) is 15.0. The number of aliphatic carboxylic acids is 1. The van der Waals surface area contributed by atoms with Crippen molar-refractivity contribution in [3.8, 4) is 0 Å². The van der Waals surface area contributed by atoms with Crippen molar-refractivity contribution in [3.63, 3.8) is 0 Å². The molecule has 0 radical (unpaired) electrons. The second-order valence-corrected chi connectivity index (χ2v) is 5.84. The van der Waals surface area contributed by atoms with Crippen LogP contribution in [-0.2, 0) is 4.79 Å². The summed E-state index contributed by atoms with van der Waals surface area (Å²) in [5.74, 6) is -1.44. The highest BCUT2D eigenvalue weighted by molar-refractivity contribution is 9.10. The van der Waals surface area contributed by atoms with Crippen LogP contribution in [0.2, 0.25) is 0 Å². The van der Waals surface area contributed by atoms with Gasteiger partial charge in [0.1, 0.15) is 5.82 Å². The fourth-order valence-corrected chi connectivity index (χ4v) is 2.85. The number of piperidine rings is 1. The summed E-state index contributed by atoms with van der Waals surface area (Å²) < 4.78 is 13.4. The van der Waals surface area contributed by atoms with E-state index in [9.17, 15) is 14.0 Å². The summed E-state index contributed by atoms with van der Waals surface area (Å²) in [7, 11) is 0. The van der Waals surface area contributed by atoms with Crippen molar-refractivity contribution in [3.05, 3.63) is 34.1 Å². The monoisotopic (exact) mass is 343 g/mol. The third-order valence-corrected chi connectivity index (χ3v) is 4.04. The molecule has 0 saturated carbocycles. The number of carbonyl (C=O) groups excluding carboxylic acids is 1. The molecule has 1 aromatic rings. The fraction of sp³-hybridized carbons (Fsp3) is 0.429. The van der Waals surface area contributed by atoms with Gasteiger partial charge in [-0.25, -0.2) is 4.39 Å². The van der Waals surface area contributed by atoms with Crippen molar-refractivity contribution in [2.45, 2.75) is 19.3 Å². The van der Waals surface area contributed by atoms with Gasteiger partial charge in [0.05, 0.1) is 4.47 Å². The van der Waals surface area contributed by atoms with E-state index in [4.69, 9.17) is 5.11 Å². The molecule has 0 aliphatic carbocycles. The van der Waals surface area contributed by atoms with Gasteiger partial charge in [-0.2, -0.15) is 0 Å². The summed E-state index contributed by atoms with van der Waals surface area (Å²) in [6.45, 7) is 1.06. The normalized spacial score (nSPS) is 18.9. The van der Waals surface area contributed by atoms with Gasteiger partial charge in [0, 0.05) is 25.1 Å². The van der Waals surface area contributed by atoms with Gasteiger partial charge in [-0.15, -0.1) is 0 Å². The molecule has 2 rings (SSSR count). The van der Waals surface area contributed by atoms with Crippen LogP contribution in [-0.4, -0.2) is 35.0 Å². The zero-order chi connectivity index (χ0) is 14.7.